The molecule has 3 aromatic heterocycles. The van der Waals surface area contributed by atoms with Crippen LogP contribution in [0.25, 0.3) is 28.2 Å². The second kappa shape index (κ2) is 8.36. The zero-order valence-electron chi connectivity index (χ0n) is 18.5. The van der Waals surface area contributed by atoms with E-state index in [0.717, 1.165) is 39.6 Å². The number of aromatic nitrogens is 6. The highest BCUT2D eigenvalue weighted by molar-refractivity contribution is 14.1. The van der Waals surface area contributed by atoms with E-state index in [9.17, 15) is 4.79 Å². The average molecular weight is 558 g/mol. The van der Waals surface area contributed by atoms with Crippen LogP contribution in [0, 0.1) is 16.0 Å². The van der Waals surface area contributed by atoms with Crippen molar-refractivity contribution in [2.24, 2.45) is 5.41 Å². The third kappa shape index (κ3) is 4.05. The van der Waals surface area contributed by atoms with Crippen LogP contribution in [-0.4, -0.2) is 48.9 Å². The maximum absolute atomic E-state index is 12.2. The smallest absolute Gasteiger partial charge is 0.247 e. The maximum Gasteiger partial charge on any atom is 0.247 e. The van der Waals surface area contributed by atoms with Crippen molar-refractivity contribution < 1.29 is 9.21 Å². The lowest BCUT2D eigenvalue weighted by Gasteiger charge is -2.22. The number of carbonyl (C=O) groups excluding carboxylic acids is 1. The maximum atomic E-state index is 12.2. The van der Waals surface area contributed by atoms with E-state index >= 15 is 0 Å². The first-order valence-electron chi connectivity index (χ1n) is 10.7. The molecular weight excluding hydrogens is 535 g/mol. The zero-order chi connectivity index (χ0) is 23.2. The molecule has 0 bridgehead atoms. The van der Waals surface area contributed by atoms with E-state index in [1.54, 1.807) is 24.9 Å². The van der Waals surface area contributed by atoms with Gasteiger partial charge in [-0.05, 0) is 66.1 Å². The summed E-state index contributed by atoms with van der Waals surface area (Å²) in [5.41, 5.74) is 2.04. The lowest BCUT2D eigenvalue weighted by molar-refractivity contribution is -0.129. The van der Waals surface area contributed by atoms with Crippen molar-refractivity contribution in [3.63, 3.8) is 0 Å². The van der Waals surface area contributed by atoms with E-state index in [0.29, 0.717) is 23.4 Å². The number of carbonyl (C=O) groups is 1. The quantitative estimate of drug-likeness (QED) is 0.357. The van der Waals surface area contributed by atoms with E-state index in [4.69, 9.17) is 9.40 Å². The standard InChI is InChI=1S/C22H23IN8O2/c1-12-28-29-19(33-12)13-4-6-15(7-5-13)31-18-16(17(23)30-31)11-25-21(27-18)26-14-8-9-22(2,10-14)20(32)24-3/h4-7,11,14H,8-10H2,1-3H3,(H,24,32)(H,25,26,27)/t14-,22+/m1/s1. The molecule has 0 unspecified atom stereocenters. The number of rotatable bonds is 5. The van der Waals surface area contributed by atoms with Gasteiger partial charge in [0.15, 0.2) is 5.65 Å². The Bertz CT molecular complexity index is 1330. The van der Waals surface area contributed by atoms with E-state index in [-0.39, 0.29) is 17.4 Å². The number of amides is 1. The van der Waals surface area contributed by atoms with Crippen LogP contribution in [0.1, 0.15) is 32.1 Å². The molecule has 11 heteroatoms. The van der Waals surface area contributed by atoms with Gasteiger partial charge >= 0.3 is 0 Å². The second-order valence-electron chi connectivity index (χ2n) is 8.53. The van der Waals surface area contributed by atoms with E-state index in [1.807, 2.05) is 31.2 Å². The molecule has 1 aromatic carbocycles. The first-order chi connectivity index (χ1) is 15.9. The predicted molar refractivity (Wildman–Crippen MR) is 131 cm³/mol. The summed E-state index contributed by atoms with van der Waals surface area (Å²) in [4.78, 5) is 21.5. The molecule has 0 saturated heterocycles. The van der Waals surface area contributed by atoms with E-state index in [1.165, 1.54) is 0 Å². The Morgan fingerprint density at radius 1 is 1.27 bits per heavy atom. The minimum atomic E-state index is -0.369. The molecular formula is C22H23IN8O2. The number of benzene rings is 1. The molecule has 2 N–H and O–H groups in total. The Labute approximate surface area is 203 Å². The molecule has 0 spiro atoms. The molecule has 1 fully saturated rings. The minimum absolute atomic E-state index is 0.0786. The largest absolute Gasteiger partial charge is 0.421 e. The number of halogens is 1. The summed E-state index contributed by atoms with van der Waals surface area (Å²) in [5, 5.41) is 19.7. The Balaban J connectivity index is 1.42. The topological polar surface area (TPSA) is 124 Å². The number of nitrogens with zero attached hydrogens (tertiary/aromatic N) is 6. The van der Waals surface area contributed by atoms with Gasteiger partial charge in [-0.25, -0.2) is 9.67 Å². The van der Waals surface area contributed by atoms with Crippen LogP contribution in [0.15, 0.2) is 34.9 Å². The molecule has 1 aliphatic rings. The molecule has 33 heavy (non-hydrogen) atoms. The molecule has 170 valence electrons. The van der Waals surface area contributed by atoms with Crippen LogP contribution in [0.4, 0.5) is 5.95 Å². The lowest BCUT2D eigenvalue weighted by Crippen LogP contribution is -2.35. The van der Waals surface area contributed by atoms with Crippen molar-refractivity contribution >= 4 is 45.5 Å². The lowest BCUT2D eigenvalue weighted by atomic mass is 9.87. The highest BCUT2D eigenvalue weighted by atomic mass is 127. The third-order valence-electron chi connectivity index (χ3n) is 6.11. The summed E-state index contributed by atoms with van der Waals surface area (Å²) in [6.07, 6.45) is 4.24. The first kappa shape index (κ1) is 21.7. The average Bonchev–Trinajstić information content (AvgIpc) is 3.51. The van der Waals surface area contributed by atoms with E-state index in [2.05, 4.69) is 53.5 Å². The second-order valence-corrected chi connectivity index (χ2v) is 9.55. The molecule has 1 amide bonds. The van der Waals surface area contributed by atoms with Gasteiger partial charge in [-0.1, -0.05) is 6.92 Å². The van der Waals surface area contributed by atoms with Gasteiger partial charge in [-0.15, -0.1) is 10.2 Å². The molecule has 4 aromatic rings. The van der Waals surface area contributed by atoms with Crippen LogP contribution in [0.2, 0.25) is 0 Å². The fourth-order valence-corrected chi connectivity index (χ4v) is 4.93. The summed E-state index contributed by atoms with van der Waals surface area (Å²) in [7, 11) is 1.68. The van der Waals surface area contributed by atoms with E-state index < -0.39 is 0 Å². The van der Waals surface area contributed by atoms with Crippen molar-refractivity contribution in [1.82, 2.24) is 35.3 Å². The minimum Gasteiger partial charge on any atom is -0.421 e. The third-order valence-corrected chi connectivity index (χ3v) is 6.91. The molecule has 0 radical (unpaired) electrons. The van der Waals surface area contributed by atoms with Gasteiger partial charge < -0.3 is 15.1 Å². The molecule has 1 saturated carbocycles. The Morgan fingerprint density at radius 3 is 2.76 bits per heavy atom. The first-order valence-corrected chi connectivity index (χ1v) is 11.7. The van der Waals surface area contributed by atoms with Gasteiger partial charge in [-0.3, -0.25) is 4.79 Å². The zero-order valence-corrected chi connectivity index (χ0v) is 20.6. The molecule has 10 nitrogen and oxygen atoms in total. The molecule has 3 heterocycles. The van der Waals surface area contributed by atoms with Crippen molar-refractivity contribution in [3.05, 3.63) is 40.1 Å². The summed E-state index contributed by atoms with van der Waals surface area (Å²) in [6, 6.07) is 7.86. The van der Waals surface area contributed by atoms with Gasteiger partial charge in [0, 0.05) is 37.2 Å². The number of hydrogen-bond acceptors (Lipinski definition) is 8. The number of nitrogens with one attached hydrogen (secondary N) is 2. The Morgan fingerprint density at radius 2 is 2.06 bits per heavy atom. The number of aryl methyl sites for hydroxylation is 1. The Kier molecular flexibility index (Phi) is 5.51. The van der Waals surface area contributed by atoms with Crippen LogP contribution in [0.5, 0.6) is 0 Å². The number of fused-ring (bicyclic) bond motifs is 1. The Hall–Kier alpha value is -3.09. The molecule has 2 atom stereocenters. The van der Waals surface area contributed by atoms with Gasteiger partial charge in [0.1, 0.15) is 3.70 Å². The van der Waals surface area contributed by atoms with Gasteiger partial charge in [0.25, 0.3) is 0 Å². The van der Waals surface area contributed by atoms with Crippen molar-refractivity contribution in [2.45, 2.75) is 39.2 Å². The van der Waals surface area contributed by atoms with Crippen LogP contribution in [-0.2, 0) is 4.79 Å². The SMILES string of the molecule is CNC(=O)[C@@]1(C)CC[C@@H](Nc2ncc3c(I)nn(-c4ccc(-c5nnc(C)o5)cc4)c3n2)C1. The predicted octanol–water partition coefficient (Wildman–Crippen LogP) is 3.50. The summed E-state index contributed by atoms with van der Waals surface area (Å²) < 4.78 is 8.13. The number of hydrogen-bond donors (Lipinski definition) is 2. The normalized spacial score (nSPS) is 20.3. The molecule has 1 aliphatic carbocycles. The van der Waals surface area contributed by atoms with Gasteiger partial charge in [0.2, 0.25) is 23.6 Å². The molecule has 0 aliphatic heterocycles. The van der Waals surface area contributed by atoms with Crippen molar-refractivity contribution in [1.29, 1.82) is 0 Å². The fourth-order valence-electron chi connectivity index (χ4n) is 4.33. The van der Waals surface area contributed by atoms with Gasteiger partial charge in [-0.2, -0.15) is 10.1 Å². The van der Waals surface area contributed by atoms with Crippen molar-refractivity contribution in [3.8, 4) is 17.1 Å². The van der Waals surface area contributed by atoms with Crippen LogP contribution in [0.3, 0.4) is 0 Å². The van der Waals surface area contributed by atoms with Crippen LogP contribution < -0.4 is 10.6 Å². The highest BCUT2D eigenvalue weighted by Crippen LogP contribution is 2.39. The fraction of sp³-hybridized carbons (Fsp3) is 0.364. The van der Waals surface area contributed by atoms with Gasteiger partial charge in [0.05, 0.1) is 11.1 Å². The summed E-state index contributed by atoms with van der Waals surface area (Å²) >= 11 is 2.19. The van der Waals surface area contributed by atoms with Crippen LogP contribution >= 0.6 is 22.6 Å². The summed E-state index contributed by atoms with van der Waals surface area (Å²) in [6.45, 7) is 3.77. The summed E-state index contributed by atoms with van der Waals surface area (Å²) in [5.74, 6) is 1.61. The van der Waals surface area contributed by atoms with Crippen molar-refractivity contribution in [2.75, 3.05) is 12.4 Å². The molecule has 5 rings (SSSR count). The monoisotopic (exact) mass is 558 g/mol. The highest BCUT2D eigenvalue weighted by Gasteiger charge is 2.40. The number of anilines is 1.